The zero-order valence-corrected chi connectivity index (χ0v) is 14.9. The normalized spacial score (nSPS) is 11.0. The first-order valence-corrected chi connectivity index (χ1v) is 8.32. The van der Waals surface area contributed by atoms with E-state index in [1.165, 1.54) is 4.57 Å². The maximum atomic E-state index is 12.8. The maximum absolute atomic E-state index is 12.8. The molecule has 6 nitrogen and oxygen atoms in total. The minimum absolute atomic E-state index is 0.426. The highest BCUT2D eigenvalue weighted by Gasteiger charge is 2.19. The highest BCUT2D eigenvalue weighted by atomic mass is 35.5. The van der Waals surface area contributed by atoms with E-state index in [4.69, 9.17) is 11.6 Å². The predicted octanol–water partition coefficient (Wildman–Crippen LogP) is 3.44. The largest absolute Gasteiger partial charge is 0.371 e. The number of nitriles is 1. The molecule has 0 aliphatic carbocycles. The molecular weight excluding hydrogens is 350 g/mol. The van der Waals surface area contributed by atoms with Gasteiger partial charge in [-0.15, -0.1) is 0 Å². The molecule has 128 valence electrons. The number of aromatic nitrogens is 3. The second-order valence-corrected chi connectivity index (χ2v) is 6.34. The molecule has 1 N–H and O–H groups in total. The fourth-order valence-corrected chi connectivity index (χ4v) is 3.49. The SMILES string of the molecule is CNc1nc(=O)n(-c2cccc(C#N)c2)c2c3cc(Cl)ccc3n(C)c12. The average molecular weight is 364 g/mol. The molecule has 0 fully saturated rings. The van der Waals surface area contributed by atoms with E-state index >= 15 is 0 Å². The number of rotatable bonds is 2. The number of nitrogens with zero attached hydrogens (tertiary/aromatic N) is 4. The lowest BCUT2D eigenvalue weighted by molar-refractivity contribution is 0.942. The van der Waals surface area contributed by atoms with Crippen LogP contribution in [0.3, 0.4) is 0 Å². The van der Waals surface area contributed by atoms with Gasteiger partial charge in [0.05, 0.1) is 28.4 Å². The number of fused-ring (bicyclic) bond motifs is 3. The summed E-state index contributed by atoms with van der Waals surface area (Å²) in [5.41, 5.74) is 3.04. The first-order valence-electron chi connectivity index (χ1n) is 7.94. The molecule has 0 radical (unpaired) electrons. The van der Waals surface area contributed by atoms with E-state index in [1.54, 1.807) is 31.3 Å². The smallest absolute Gasteiger partial charge is 0.354 e. The van der Waals surface area contributed by atoms with E-state index in [1.807, 2.05) is 29.8 Å². The molecule has 0 spiro atoms. The van der Waals surface area contributed by atoms with Crippen molar-refractivity contribution < 1.29 is 0 Å². The number of hydrogen-bond acceptors (Lipinski definition) is 4. The summed E-state index contributed by atoms with van der Waals surface area (Å²) in [5, 5.41) is 13.6. The zero-order valence-electron chi connectivity index (χ0n) is 14.1. The summed E-state index contributed by atoms with van der Waals surface area (Å²) in [6.07, 6.45) is 0. The van der Waals surface area contributed by atoms with Crippen LogP contribution in [0.2, 0.25) is 5.02 Å². The van der Waals surface area contributed by atoms with Gasteiger partial charge in [-0.05, 0) is 36.4 Å². The van der Waals surface area contributed by atoms with Gasteiger partial charge in [0.15, 0.2) is 5.82 Å². The van der Waals surface area contributed by atoms with Crippen LogP contribution in [0, 0.1) is 11.3 Å². The molecule has 0 saturated heterocycles. The Labute approximate surface area is 153 Å². The van der Waals surface area contributed by atoms with Crippen molar-refractivity contribution in [3.63, 3.8) is 0 Å². The number of halogens is 1. The van der Waals surface area contributed by atoms with Crippen LogP contribution in [0.4, 0.5) is 5.82 Å². The van der Waals surface area contributed by atoms with Crippen LogP contribution in [-0.2, 0) is 7.05 Å². The van der Waals surface area contributed by atoms with Crippen LogP contribution < -0.4 is 11.0 Å². The van der Waals surface area contributed by atoms with Crippen molar-refractivity contribution in [2.24, 2.45) is 7.05 Å². The monoisotopic (exact) mass is 363 g/mol. The Morgan fingerprint density at radius 3 is 2.73 bits per heavy atom. The number of nitrogens with one attached hydrogen (secondary N) is 1. The number of benzene rings is 2. The molecule has 0 bridgehead atoms. The molecule has 0 aliphatic rings. The van der Waals surface area contributed by atoms with Gasteiger partial charge in [0.1, 0.15) is 5.52 Å². The lowest BCUT2D eigenvalue weighted by Crippen LogP contribution is -2.23. The Morgan fingerprint density at radius 1 is 1.19 bits per heavy atom. The van der Waals surface area contributed by atoms with Gasteiger partial charge in [0.25, 0.3) is 0 Å². The van der Waals surface area contributed by atoms with Gasteiger partial charge in [-0.2, -0.15) is 10.2 Å². The molecule has 4 aromatic rings. The van der Waals surface area contributed by atoms with Gasteiger partial charge in [0, 0.05) is 24.5 Å². The highest BCUT2D eigenvalue weighted by Crippen LogP contribution is 2.33. The first kappa shape index (κ1) is 16.2. The van der Waals surface area contributed by atoms with Crippen LogP contribution in [0.15, 0.2) is 47.3 Å². The third-order valence-corrected chi connectivity index (χ3v) is 4.69. The summed E-state index contributed by atoms with van der Waals surface area (Å²) < 4.78 is 3.50. The summed E-state index contributed by atoms with van der Waals surface area (Å²) in [6.45, 7) is 0. The molecular formula is C19H14ClN5O. The second kappa shape index (κ2) is 5.90. The molecule has 26 heavy (non-hydrogen) atoms. The fraction of sp³-hybridized carbons (Fsp3) is 0.105. The van der Waals surface area contributed by atoms with E-state index in [0.717, 1.165) is 16.4 Å². The minimum Gasteiger partial charge on any atom is -0.371 e. The number of hydrogen-bond donors (Lipinski definition) is 1. The number of aryl methyl sites for hydroxylation is 1. The molecule has 0 saturated carbocycles. The third-order valence-electron chi connectivity index (χ3n) is 4.45. The van der Waals surface area contributed by atoms with Crippen molar-refractivity contribution in [3.8, 4) is 11.8 Å². The fourth-order valence-electron chi connectivity index (χ4n) is 3.32. The van der Waals surface area contributed by atoms with Crippen molar-refractivity contribution in [2.45, 2.75) is 0 Å². The van der Waals surface area contributed by atoms with Crippen molar-refractivity contribution in [1.29, 1.82) is 5.26 Å². The summed E-state index contributed by atoms with van der Waals surface area (Å²) >= 11 is 6.22. The van der Waals surface area contributed by atoms with Crippen molar-refractivity contribution in [2.75, 3.05) is 12.4 Å². The van der Waals surface area contributed by atoms with E-state index < -0.39 is 5.69 Å². The topological polar surface area (TPSA) is 75.6 Å². The van der Waals surface area contributed by atoms with Gasteiger partial charge in [0.2, 0.25) is 0 Å². The molecule has 0 unspecified atom stereocenters. The van der Waals surface area contributed by atoms with E-state index in [2.05, 4.69) is 16.4 Å². The molecule has 0 aliphatic heterocycles. The molecule has 0 atom stereocenters. The van der Waals surface area contributed by atoms with E-state index in [-0.39, 0.29) is 0 Å². The van der Waals surface area contributed by atoms with Gasteiger partial charge in [-0.3, -0.25) is 4.57 Å². The lowest BCUT2D eigenvalue weighted by Gasteiger charge is -2.11. The van der Waals surface area contributed by atoms with Gasteiger partial charge in [-0.1, -0.05) is 17.7 Å². The number of anilines is 1. The van der Waals surface area contributed by atoms with Crippen molar-refractivity contribution >= 4 is 39.4 Å². The Bertz CT molecular complexity index is 1280. The Morgan fingerprint density at radius 2 is 2.00 bits per heavy atom. The van der Waals surface area contributed by atoms with Gasteiger partial charge >= 0.3 is 5.69 Å². The molecule has 2 aromatic heterocycles. The summed E-state index contributed by atoms with van der Waals surface area (Å²) in [4.78, 5) is 17.0. The van der Waals surface area contributed by atoms with Crippen LogP contribution in [0.1, 0.15) is 5.56 Å². The Hall–Kier alpha value is -3.30. The maximum Gasteiger partial charge on any atom is 0.354 e. The quantitative estimate of drug-likeness (QED) is 0.592. The second-order valence-electron chi connectivity index (χ2n) is 5.91. The average Bonchev–Trinajstić information content (AvgIpc) is 2.93. The van der Waals surface area contributed by atoms with Crippen LogP contribution in [-0.4, -0.2) is 21.2 Å². The van der Waals surface area contributed by atoms with E-state index in [0.29, 0.717) is 27.6 Å². The lowest BCUT2D eigenvalue weighted by atomic mass is 10.2. The van der Waals surface area contributed by atoms with Gasteiger partial charge < -0.3 is 9.88 Å². The van der Waals surface area contributed by atoms with Crippen molar-refractivity contribution in [1.82, 2.24) is 14.1 Å². The van der Waals surface area contributed by atoms with E-state index in [9.17, 15) is 10.1 Å². The molecule has 7 heteroatoms. The first-order chi connectivity index (χ1) is 12.5. The predicted molar refractivity (Wildman–Crippen MR) is 103 cm³/mol. The third kappa shape index (κ3) is 2.25. The van der Waals surface area contributed by atoms with Crippen LogP contribution >= 0.6 is 11.6 Å². The summed E-state index contributed by atoms with van der Waals surface area (Å²) in [5.74, 6) is 0.493. The Kier molecular flexibility index (Phi) is 3.67. The van der Waals surface area contributed by atoms with Crippen molar-refractivity contribution in [3.05, 3.63) is 63.5 Å². The molecule has 2 heterocycles. The molecule has 2 aromatic carbocycles. The highest BCUT2D eigenvalue weighted by molar-refractivity contribution is 6.31. The molecule has 0 amide bonds. The van der Waals surface area contributed by atoms with Crippen LogP contribution in [0.25, 0.3) is 27.6 Å². The molecule has 4 rings (SSSR count). The zero-order chi connectivity index (χ0) is 18.4. The van der Waals surface area contributed by atoms with Crippen LogP contribution in [0.5, 0.6) is 0 Å². The summed E-state index contributed by atoms with van der Waals surface area (Å²) in [7, 11) is 3.65. The summed E-state index contributed by atoms with van der Waals surface area (Å²) in [6, 6.07) is 14.6. The standard InChI is InChI=1S/C19H14ClN5O/c1-22-18-17-16(14-9-12(20)6-7-15(14)24(17)2)25(19(26)23-18)13-5-3-4-11(8-13)10-21/h3-9H,1-2H3,(H,22,23,26). The Balaban J connectivity index is 2.27. The minimum atomic E-state index is -0.426. The van der Waals surface area contributed by atoms with Gasteiger partial charge in [-0.25, -0.2) is 4.79 Å².